The smallest absolute Gasteiger partial charge is 0.0994 e. The number of rotatable bonds is 3. The zero-order valence-electron chi connectivity index (χ0n) is 8.53. The molecule has 2 rings (SSSR count). The van der Waals surface area contributed by atoms with Crippen LogP contribution in [0.15, 0.2) is 35.2 Å². The lowest BCUT2D eigenvalue weighted by molar-refractivity contribution is 0.873. The van der Waals surface area contributed by atoms with Gasteiger partial charge in [0.1, 0.15) is 0 Å². The molecule has 0 bridgehead atoms. The molecule has 0 spiro atoms. The van der Waals surface area contributed by atoms with E-state index in [0.29, 0.717) is 11.6 Å². The Labute approximate surface area is 107 Å². The van der Waals surface area contributed by atoms with Crippen LogP contribution in [-0.4, -0.2) is 16.1 Å². The molecule has 0 saturated heterocycles. The fraction of sp³-hybridized carbons (Fsp3) is 0.182. The van der Waals surface area contributed by atoms with E-state index in [0.717, 1.165) is 22.3 Å². The number of halogens is 2. The van der Waals surface area contributed by atoms with Crippen molar-refractivity contribution >= 4 is 27.5 Å². The number of nitrogens with zero attached hydrogens (tertiary/aromatic N) is 2. The summed E-state index contributed by atoms with van der Waals surface area (Å²) in [5.41, 5.74) is 7.62. The summed E-state index contributed by atoms with van der Waals surface area (Å²) in [7, 11) is 0. The van der Waals surface area contributed by atoms with E-state index in [4.69, 9.17) is 17.3 Å². The van der Waals surface area contributed by atoms with Crippen molar-refractivity contribution in [1.29, 1.82) is 0 Å². The Hall–Kier alpha value is -0.840. The molecule has 0 unspecified atom stereocenters. The minimum Gasteiger partial charge on any atom is -0.330 e. The maximum absolute atomic E-state index is 6.05. The monoisotopic (exact) mass is 299 g/mol. The van der Waals surface area contributed by atoms with Crippen molar-refractivity contribution in [2.45, 2.75) is 6.42 Å². The average molecular weight is 301 g/mol. The molecule has 1 aromatic carbocycles. The van der Waals surface area contributed by atoms with Crippen LogP contribution in [0.25, 0.3) is 5.69 Å². The summed E-state index contributed by atoms with van der Waals surface area (Å²) in [5.74, 6) is 0. The van der Waals surface area contributed by atoms with Gasteiger partial charge in [-0.05, 0) is 40.7 Å². The molecule has 84 valence electrons. The van der Waals surface area contributed by atoms with Crippen LogP contribution in [-0.2, 0) is 6.42 Å². The lowest BCUT2D eigenvalue weighted by atomic mass is 10.3. The van der Waals surface area contributed by atoms with Gasteiger partial charge in [-0.15, -0.1) is 0 Å². The van der Waals surface area contributed by atoms with Crippen molar-refractivity contribution in [3.63, 3.8) is 0 Å². The fourth-order valence-corrected chi connectivity index (χ4v) is 1.94. The van der Waals surface area contributed by atoms with E-state index in [9.17, 15) is 0 Å². The van der Waals surface area contributed by atoms with Gasteiger partial charge in [0.05, 0.1) is 11.3 Å². The maximum Gasteiger partial charge on any atom is 0.0994 e. The first-order chi connectivity index (χ1) is 7.72. The molecule has 0 radical (unpaired) electrons. The Morgan fingerprint density at radius 3 is 2.94 bits per heavy atom. The standard InChI is InChI=1S/C11H11BrClN3/c12-10-2-1-8(5-11(10)13)16-7-15-6-9(16)3-4-14/h1-2,5-7H,3-4,14H2. The molecule has 0 aliphatic heterocycles. The highest BCUT2D eigenvalue weighted by Crippen LogP contribution is 2.25. The Balaban J connectivity index is 2.42. The summed E-state index contributed by atoms with van der Waals surface area (Å²) in [6, 6.07) is 5.80. The summed E-state index contributed by atoms with van der Waals surface area (Å²) in [6.07, 6.45) is 4.39. The van der Waals surface area contributed by atoms with Crippen LogP contribution in [0.2, 0.25) is 5.02 Å². The minimum atomic E-state index is 0.607. The highest BCUT2D eigenvalue weighted by Gasteiger charge is 2.05. The van der Waals surface area contributed by atoms with Crippen LogP contribution in [0.3, 0.4) is 0 Å². The summed E-state index contributed by atoms with van der Waals surface area (Å²) in [5, 5.41) is 0.685. The SMILES string of the molecule is NCCc1cncn1-c1ccc(Br)c(Cl)c1. The van der Waals surface area contributed by atoms with Crippen molar-refractivity contribution in [2.75, 3.05) is 6.54 Å². The number of imidazole rings is 1. The van der Waals surface area contributed by atoms with E-state index in [1.165, 1.54) is 0 Å². The molecule has 0 aliphatic rings. The van der Waals surface area contributed by atoms with Gasteiger partial charge in [0.25, 0.3) is 0 Å². The molecule has 0 aliphatic carbocycles. The third-order valence-electron chi connectivity index (χ3n) is 2.30. The van der Waals surface area contributed by atoms with E-state index in [1.807, 2.05) is 29.0 Å². The van der Waals surface area contributed by atoms with Crippen molar-refractivity contribution in [3.8, 4) is 5.69 Å². The Morgan fingerprint density at radius 1 is 1.44 bits per heavy atom. The van der Waals surface area contributed by atoms with Crippen LogP contribution in [0.5, 0.6) is 0 Å². The number of hydrogen-bond acceptors (Lipinski definition) is 2. The normalized spacial score (nSPS) is 10.7. The van der Waals surface area contributed by atoms with Gasteiger partial charge in [0, 0.05) is 28.5 Å². The Morgan fingerprint density at radius 2 is 2.25 bits per heavy atom. The molecule has 2 aromatic rings. The molecule has 0 amide bonds. The van der Waals surface area contributed by atoms with Gasteiger partial charge in [0.15, 0.2) is 0 Å². The van der Waals surface area contributed by atoms with Crippen LogP contribution < -0.4 is 5.73 Å². The van der Waals surface area contributed by atoms with Gasteiger partial charge in [-0.1, -0.05) is 11.6 Å². The first-order valence-electron chi connectivity index (χ1n) is 4.89. The second kappa shape index (κ2) is 4.99. The molecule has 0 atom stereocenters. The first kappa shape index (κ1) is 11.6. The van der Waals surface area contributed by atoms with Crippen LogP contribution in [0.1, 0.15) is 5.69 Å². The van der Waals surface area contributed by atoms with Crippen molar-refractivity contribution in [2.24, 2.45) is 5.73 Å². The summed E-state index contributed by atoms with van der Waals surface area (Å²) >= 11 is 9.42. The summed E-state index contributed by atoms with van der Waals surface area (Å²) < 4.78 is 2.88. The predicted octanol–water partition coefficient (Wildman–Crippen LogP) is 2.79. The highest BCUT2D eigenvalue weighted by atomic mass is 79.9. The first-order valence-corrected chi connectivity index (χ1v) is 6.06. The van der Waals surface area contributed by atoms with Crippen molar-refractivity contribution in [1.82, 2.24) is 9.55 Å². The van der Waals surface area contributed by atoms with E-state index in [-0.39, 0.29) is 0 Å². The Kier molecular flexibility index (Phi) is 3.63. The molecule has 2 N–H and O–H groups in total. The molecule has 0 saturated carbocycles. The maximum atomic E-state index is 6.05. The third kappa shape index (κ3) is 2.29. The summed E-state index contributed by atoms with van der Waals surface area (Å²) in [4.78, 5) is 4.12. The molecule has 1 aromatic heterocycles. The summed E-state index contributed by atoms with van der Waals surface area (Å²) in [6.45, 7) is 0.607. The molecular formula is C11H11BrClN3. The van der Waals surface area contributed by atoms with E-state index >= 15 is 0 Å². The molecule has 5 heteroatoms. The minimum absolute atomic E-state index is 0.607. The topological polar surface area (TPSA) is 43.8 Å². The molecule has 16 heavy (non-hydrogen) atoms. The van der Waals surface area contributed by atoms with Gasteiger partial charge >= 0.3 is 0 Å². The zero-order chi connectivity index (χ0) is 11.5. The van der Waals surface area contributed by atoms with Crippen LogP contribution in [0, 0.1) is 0 Å². The molecule has 1 heterocycles. The van der Waals surface area contributed by atoms with Gasteiger partial charge in [-0.3, -0.25) is 0 Å². The number of benzene rings is 1. The number of nitrogens with two attached hydrogens (primary N) is 1. The largest absolute Gasteiger partial charge is 0.330 e. The molecular weight excluding hydrogens is 289 g/mol. The highest BCUT2D eigenvalue weighted by molar-refractivity contribution is 9.10. The lowest BCUT2D eigenvalue weighted by Crippen LogP contribution is -2.07. The third-order valence-corrected chi connectivity index (χ3v) is 3.53. The van der Waals surface area contributed by atoms with Crippen LogP contribution in [0.4, 0.5) is 0 Å². The van der Waals surface area contributed by atoms with Crippen molar-refractivity contribution < 1.29 is 0 Å². The molecule has 0 fully saturated rings. The predicted molar refractivity (Wildman–Crippen MR) is 69.0 cm³/mol. The van der Waals surface area contributed by atoms with Gasteiger partial charge in [-0.2, -0.15) is 0 Å². The quantitative estimate of drug-likeness (QED) is 0.947. The zero-order valence-corrected chi connectivity index (χ0v) is 10.9. The van der Waals surface area contributed by atoms with E-state index in [1.54, 1.807) is 6.33 Å². The Bertz CT molecular complexity index is 496. The van der Waals surface area contributed by atoms with Gasteiger partial charge in [0.2, 0.25) is 0 Å². The number of aromatic nitrogens is 2. The van der Waals surface area contributed by atoms with Crippen LogP contribution >= 0.6 is 27.5 Å². The van der Waals surface area contributed by atoms with Gasteiger partial charge < -0.3 is 10.3 Å². The van der Waals surface area contributed by atoms with E-state index < -0.39 is 0 Å². The lowest BCUT2D eigenvalue weighted by Gasteiger charge is -2.08. The van der Waals surface area contributed by atoms with Crippen molar-refractivity contribution in [3.05, 3.63) is 45.9 Å². The fourth-order valence-electron chi connectivity index (χ4n) is 1.52. The van der Waals surface area contributed by atoms with Gasteiger partial charge in [-0.25, -0.2) is 4.98 Å². The molecule has 3 nitrogen and oxygen atoms in total. The second-order valence-corrected chi connectivity index (χ2v) is 4.65. The van der Waals surface area contributed by atoms with E-state index in [2.05, 4.69) is 20.9 Å². The second-order valence-electron chi connectivity index (χ2n) is 3.39. The number of hydrogen-bond donors (Lipinski definition) is 1. The average Bonchev–Trinajstić information content (AvgIpc) is 2.71.